The lowest BCUT2D eigenvalue weighted by Crippen LogP contribution is -2.46. The van der Waals surface area contributed by atoms with Crippen molar-refractivity contribution >= 4 is 5.91 Å². The van der Waals surface area contributed by atoms with Crippen LogP contribution < -0.4 is 5.32 Å². The van der Waals surface area contributed by atoms with Gasteiger partial charge in [-0.3, -0.25) is 4.79 Å². The summed E-state index contributed by atoms with van der Waals surface area (Å²) in [6.07, 6.45) is 5.86. The SMILES string of the molecule is CC1CCC(C(=O)N(C)CC2CCCCO2)CN1. The van der Waals surface area contributed by atoms with E-state index in [1.807, 2.05) is 11.9 Å². The van der Waals surface area contributed by atoms with Gasteiger partial charge in [-0.1, -0.05) is 0 Å². The Morgan fingerprint density at radius 3 is 2.78 bits per heavy atom. The van der Waals surface area contributed by atoms with Crippen molar-refractivity contribution in [3.05, 3.63) is 0 Å². The number of carbonyl (C=O) groups excluding carboxylic acids is 1. The molecule has 1 amide bonds. The standard InChI is InChI=1S/C14H26N2O2/c1-11-6-7-12(9-15-11)14(17)16(2)10-13-5-3-4-8-18-13/h11-13,15H,3-10H2,1-2H3. The molecule has 1 N–H and O–H groups in total. The maximum atomic E-state index is 12.3. The Morgan fingerprint density at radius 2 is 2.17 bits per heavy atom. The van der Waals surface area contributed by atoms with Gasteiger partial charge in [0.2, 0.25) is 5.91 Å². The molecule has 4 nitrogen and oxygen atoms in total. The minimum atomic E-state index is 0.162. The first-order valence-electron chi connectivity index (χ1n) is 7.27. The lowest BCUT2D eigenvalue weighted by Gasteiger charge is -2.32. The zero-order valence-corrected chi connectivity index (χ0v) is 11.7. The summed E-state index contributed by atoms with van der Waals surface area (Å²) in [4.78, 5) is 14.2. The first-order valence-corrected chi connectivity index (χ1v) is 7.27. The van der Waals surface area contributed by atoms with Crippen molar-refractivity contribution in [2.45, 2.75) is 51.2 Å². The van der Waals surface area contributed by atoms with Gasteiger partial charge in [0, 0.05) is 32.8 Å². The second-order valence-corrected chi connectivity index (χ2v) is 5.79. The summed E-state index contributed by atoms with van der Waals surface area (Å²) in [5, 5.41) is 3.39. The molecule has 2 saturated heterocycles. The van der Waals surface area contributed by atoms with Crippen LogP contribution in [0.5, 0.6) is 0 Å². The molecule has 0 saturated carbocycles. The Bertz CT molecular complexity index is 269. The molecule has 2 heterocycles. The van der Waals surface area contributed by atoms with Gasteiger partial charge >= 0.3 is 0 Å². The Kier molecular flexibility index (Phi) is 5.01. The fraction of sp³-hybridized carbons (Fsp3) is 0.929. The van der Waals surface area contributed by atoms with Crippen molar-refractivity contribution in [2.24, 2.45) is 5.92 Å². The number of carbonyl (C=O) groups is 1. The van der Waals surface area contributed by atoms with Gasteiger partial charge < -0.3 is 15.0 Å². The van der Waals surface area contributed by atoms with Crippen molar-refractivity contribution in [3.63, 3.8) is 0 Å². The van der Waals surface area contributed by atoms with Crippen molar-refractivity contribution in [3.8, 4) is 0 Å². The summed E-state index contributed by atoms with van der Waals surface area (Å²) in [5.74, 6) is 0.443. The molecule has 2 fully saturated rings. The Morgan fingerprint density at radius 1 is 1.33 bits per heavy atom. The van der Waals surface area contributed by atoms with Crippen LogP contribution in [0, 0.1) is 5.92 Å². The average molecular weight is 254 g/mol. The molecule has 4 heteroatoms. The summed E-state index contributed by atoms with van der Waals surface area (Å²) in [6.45, 7) is 4.62. The Labute approximate surface area is 110 Å². The number of nitrogens with one attached hydrogen (secondary N) is 1. The van der Waals surface area contributed by atoms with E-state index in [0.29, 0.717) is 6.04 Å². The number of ether oxygens (including phenoxy) is 1. The highest BCUT2D eigenvalue weighted by Gasteiger charge is 2.27. The fourth-order valence-corrected chi connectivity index (χ4v) is 2.87. The van der Waals surface area contributed by atoms with E-state index in [1.165, 1.54) is 12.8 Å². The number of nitrogens with zero attached hydrogens (tertiary/aromatic N) is 1. The molecule has 3 atom stereocenters. The molecule has 0 aromatic rings. The monoisotopic (exact) mass is 254 g/mol. The summed E-state index contributed by atoms with van der Waals surface area (Å²) in [6, 6.07) is 0.557. The Hall–Kier alpha value is -0.610. The molecule has 104 valence electrons. The number of amides is 1. The van der Waals surface area contributed by atoms with Crippen molar-refractivity contribution < 1.29 is 9.53 Å². The third-order valence-corrected chi connectivity index (χ3v) is 4.14. The van der Waals surface area contributed by atoms with Gasteiger partial charge in [0.15, 0.2) is 0 Å². The molecular formula is C14H26N2O2. The van der Waals surface area contributed by atoms with Gasteiger partial charge in [-0.15, -0.1) is 0 Å². The van der Waals surface area contributed by atoms with Crippen LogP contribution in [-0.4, -0.2) is 49.7 Å². The van der Waals surface area contributed by atoms with Gasteiger partial charge in [-0.2, -0.15) is 0 Å². The quantitative estimate of drug-likeness (QED) is 0.828. The summed E-state index contributed by atoms with van der Waals surface area (Å²) < 4.78 is 5.69. The largest absolute Gasteiger partial charge is 0.376 e. The zero-order valence-electron chi connectivity index (χ0n) is 11.7. The lowest BCUT2D eigenvalue weighted by molar-refractivity contribution is -0.137. The maximum absolute atomic E-state index is 12.3. The van der Waals surface area contributed by atoms with E-state index >= 15 is 0 Å². The lowest BCUT2D eigenvalue weighted by atomic mass is 9.94. The second kappa shape index (κ2) is 6.53. The third-order valence-electron chi connectivity index (χ3n) is 4.14. The van der Waals surface area contributed by atoms with Gasteiger partial charge in [-0.25, -0.2) is 0 Å². The van der Waals surface area contributed by atoms with Crippen LogP contribution in [-0.2, 0) is 9.53 Å². The second-order valence-electron chi connectivity index (χ2n) is 5.79. The van der Waals surface area contributed by atoms with E-state index in [2.05, 4.69) is 12.2 Å². The van der Waals surface area contributed by atoms with E-state index in [-0.39, 0.29) is 17.9 Å². The van der Waals surface area contributed by atoms with E-state index in [4.69, 9.17) is 4.74 Å². The highest BCUT2D eigenvalue weighted by Crippen LogP contribution is 2.18. The van der Waals surface area contributed by atoms with Crippen molar-refractivity contribution in [1.29, 1.82) is 0 Å². The van der Waals surface area contributed by atoms with E-state index < -0.39 is 0 Å². The summed E-state index contributed by atoms with van der Waals surface area (Å²) in [5.41, 5.74) is 0. The average Bonchev–Trinajstić information content (AvgIpc) is 2.40. The molecule has 0 bridgehead atoms. The molecule has 2 aliphatic heterocycles. The Balaban J connectivity index is 1.77. The van der Waals surface area contributed by atoms with Crippen LogP contribution in [0.25, 0.3) is 0 Å². The first kappa shape index (κ1) is 13.8. The third kappa shape index (κ3) is 3.69. The molecule has 2 rings (SSSR count). The predicted octanol–water partition coefficient (Wildman–Crippen LogP) is 1.40. The van der Waals surface area contributed by atoms with Crippen LogP contribution in [0.2, 0.25) is 0 Å². The molecule has 0 aliphatic carbocycles. The molecule has 18 heavy (non-hydrogen) atoms. The fourth-order valence-electron chi connectivity index (χ4n) is 2.87. The molecule has 0 aromatic heterocycles. The van der Waals surface area contributed by atoms with Crippen molar-refractivity contribution in [1.82, 2.24) is 10.2 Å². The minimum Gasteiger partial charge on any atom is -0.376 e. The highest BCUT2D eigenvalue weighted by molar-refractivity contribution is 5.79. The predicted molar refractivity (Wildman–Crippen MR) is 71.4 cm³/mol. The zero-order chi connectivity index (χ0) is 13.0. The van der Waals surface area contributed by atoms with Gasteiger partial charge in [-0.05, 0) is 39.0 Å². The summed E-state index contributed by atoms with van der Waals surface area (Å²) >= 11 is 0. The maximum Gasteiger partial charge on any atom is 0.226 e. The molecule has 2 aliphatic rings. The van der Waals surface area contributed by atoms with E-state index in [9.17, 15) is 4.79 Å². The number of hydrogen-bond donors (Lipinski definition) is 1. The van der Waals surface area contributed by atoms with Crippen LogP contribution in [0.3, 0.4) is 0 Å². The highest BCUT2D eigenvalue weighted by atomic mass is 16.5. The number of piperidine rings is 1. The normalized spacial score (nSPS) is 33.1. The van der Waals surface area contributed by atoms with Crippen LogP contribution in [0.4, 0.5) is 0 Å². The minimum absolute atomic E-state index is 0.162. The molecule has 0 radical (unpaired) electrons. The van der Waals surface area contributed by atoms with Crippen molar-refractivity contribution in [2.75, 3.05) is 26.7 Å². The number of rotatable bonds is 3. The van der Waals surface area contributed by atoms with E-state index in [0.717, 1.165) is 39.0 Å². The molecule has 0 spiro atoms. The number of likely N-dealkylation sites (N-methyl/N-ethyl adjacent to an activating group) is 1. The van der Waals surface area contributed by atoms with Crippen LogP contribution in [0.15, 0.2) is 0 Å². The topological polar surface area (TPSA) is 41.6 Å². The van der Waals surface area contributed by atoms with Gasteiger partial charge in [0.25, 0.3) is 0 Å². The summed E-state index contributed by atoms with van der Waals surface area (Å²) in [7, 11) is 1.92. The van der Waals surface area contributed by atoms with Crippen LogP contribution >= 0.6 is 0 Å². The molecule has 3 unspecified atom stereocenters. The number of hydrogen-bond acceptors (Lipinski definition) is 3. The van der Waals surface area contributed by atoms with E-state index in [1.54, 1.807) is 0 Å². The van der Waals surface area contributed by atoms with Gasteiger partial charge in [0.05, 0.1) is 12.0 Å². The molecule has 0 aromatic carbocycles. The van der Waals surface area contributed by atoms with Crippen LogP contribution in [0.1, 0.15) is 39.0 Å². The smallest absolute Gasteiger partial charge is 0.226 e. The van der Waals surface area contributed by atoms with Gasteiger partial charge in [0.1, 0.15) is 0 Å². The molecular weight excluding hydrogens is 228 g/mol. The first-order chi connectivity index (χ1) is 8.66.